The highest BCUT2D eigenvalue weighted by atomic mass is 32.2. The van der Waals surface area contributed by atoms with Gasteiger partial charge in [0.25, 0.3) is 0 Å². The topological polar surface area (TPSA) is 83.3 Å². The summed E-state index contributed by atoms with van der Waals surface area (Å²) in [6.07, 6.45) is 2.98. The van der Waals surface area contributed by atoms with Crippen molar-refractivity contribution < 1.29 is 17.9 Å². The van der Waals surface area contributed by atoms with Gasteiger partial charge in [-0.25, -0.2) is 13.4 Å². The van der Waals surface area contributed by atoms with E-state index in [0.717, 1.165) is 27.8 Å². The number of nitrogens with zero attached hydrogens (tertiary/aromatic N) is 3. The number of para-hydroxylation sites is 1. The maximum Gasteiger partial charge on any atom is 0.149 e. The molecule has 0 unspecified atom stereocenters. The van der Waals surface area contributed by atoms with Gasteiger partial charge in [0, 0.05) is 24.8 Å². The van der Waals surface area contributed by atoms with E-state index >= 15 is 0 Å². The highest BCUT2D eigenvalue weighted by Gasteiger charge is 2.14. The zero-order valence-corrected chi connectivity index (χ0v) is 15.8. The van der Waals surface area contributed by atoms with Crippen molar-refractivity contribution in [3.8, 4) is 0 Å². The first-order valence-corrected chi connectivity index (χ1v) is 10.6. The lowest BCUT2D eigenvalue weighted by Gasteiger charge is -2.11. The van der Waals surface area contributed by atoms with Crippen LogP contribution in [0.4, 0.5) is 0 Å². The van der Waals surface area contributed by atoms with Crippen molar-refractivity contribution >= 4 is 31.8 Å². The van der Waals surface area contributed by atoms with Crippen LogP contribution in [0.1, 0.15) is 12.7 Å². The largest absolute Gasteiger partial charge is 0.379 e. The van der Waals surface area contributed by atoms with E-state index in [1.807, 2.05) is 31.2 Å². The number of ether oxygens (including phenoxy) is 2. The molecule has 0 radical (unpaired) electrons. The number of fused-ring (bicyclic) bond motifs is 3. The molecule has 0 aliphatic rings. The normalized spacial score (nSPS) is 12.2. The van der Waals surface area contributed by atoms with Crippen LogP contribution in [0.2, 0.25) is 0 Å². The van der Waals surface area contributed by atoms with Crippen molar-refractivity contribution in [1.29, 1.82) is 0 Å². The fraction of sp³-hybridized carbons (Fsp3) is 0.444. The molecule has 0 saturated carbocycles. The van der Waals surface area contributed by atoms with E-state index in [1.54, 1.807) is 6.20 Å². The molecule has 1 aromatic carbocycles. The highest BCUT2D eigenvalue weighted by molar-refractivity contribution is 7.90. The Labute approximate surface area is 152 Å². The lowest BCUT2D eigenvalue weighted by atomic mass is 10.2. The first kappa shape index (κ1) is 18.8. The van der Waals surface area contributed by atoms with Crippen LogP contribution in [0.25, 0.3) is 21.9 Å². The lowest BCUT2D eigenvalue weighted by molar-refractivity contribution is 0.118. The minimum Gasteiger partial charge on any atom is -0.379 e. The Kier molecular flexibility index (Phi) is 5.85. The van der Waals surface area contributed by atoms with E-state index in [4.69, 9.17) is 9.47 Å². The van der Waals surface area contributed by atoms with E-state index in [2.05, 4.69) is 14.5 Å². The average molecular weight is 377 g/mol. The van der Waals surface area contributed by atoms with E-state index in [0.29, 0.717) is 26.4 Å². The first-order valence-electron chi connectivity index (χ1n) is 8.55. The summed E-state index contributed by atoms with van der Waals surface area (Å²) in [5.74, 6) is 0.836. The Balaban J connectivity index is 1.88. The number of hydrogen-bond acceptors (Lipinski definition) is 6. The summed E-state index contributed by atoms with van der Waals surface area (Å²) in [4.78, 5) is 9.13. The summed E-state index contributed by atoms with van der Waals surface area (Å²) >= 11 is 0. The van der Waals surface area contributed by atoms with Crippen molar-refractivity contribution in [3.63, 3.8) is 0 Å². The van der Waals surface area contributed by atoms with Crippen LogP contribution in [0.5, 0.6) is 0 Å². The quantitative estimate of drug-likeness (QED) is 0.532. The Hall–Kier alpha value is -2.03. The molecular weight excluding hydrogens is 354 g/mol. The van der Waals surface area contributed by atoms with Crippen LogP contribution in [0, 0.1) is 0 Å². The SMILES string of the molecule is CCOCc1nc2cnc3ccccc3c2n1CCOCCS(C)(=O)=O. The molecule has 2 aromatic heterocycles. The summed E-state index contributed by atoms with van der Waals surface area (Å²) in [6.45, 7) is 4.11. The van der Waals surface area contributed by atoms with Gasteiger partial charge < -0.3 is 14.0 Å². The highest BCUT2D eigenvalue weighted by Crippen LogP contribution is 2.25. The van der Waals surface area contributed by atoms with Crippen LogP contribution in [-0.2, 0) is 32.5 Å². The summed E-state index contributed by atoms with van der Waals surface area (Å²) in [7, 11) is -3.01. The molecule has 0 bridgehead atoms. The van der Waals surface area contributed by atoms with E-state index < -0.39 is 9.84 Å². The van der Waals surface area contributed by atoms with Gasteiger partial charge in [-0.2, -0.15) is 0 Å². The number of hydrogen-bond donors (Lipinski definition) is 0. The third-order valence-corrected chi connectivity index (χ3v) is 4.96. The predicted octanol–water partition coefficient (Wildman–Crippen LogP) is 2.18. The fourth-order valence-electron chi connectivity index (χ4n) is 2.82. The predicted molar refractivity (Wildman–Crippen MR) is 101 cm³/mol. The van der Waals surface area contributed by atoms with Crippen molar-refractivity contribution in [3.05, 3.63) is 36.3 Å². The maximum atomic E-state index is 11.2. The van der Waals surface area contributed by atoms with Crippen molar-refractivity contribution in [2.75, 3.05) is 31.8 Å². The minimum atomic E-state index is -3.01. The summed E-state index contributed by atoms with van der Waals surface area (Å²) < 4.78 is 35.5. The second kappa shape index (κ2) is 8.11. The zero-order valence-electron chi connectivity index (χ0n) is 15.0. The van der Waals surface area contributed by atoms with Crippen molar-refractivity contribution in [2.45, 2.75) is 20.1 Å². The Bertz CT molecular complexity index is 998. The van der Waals surface area contributed by atoms with Gasteiger partial charge in [0.15, 0.2) is 0 Å². The molecule has 3 aromatic rings. The molecule has 0 amide bonds. The van der Waals surface area contributed by atoms with E-state index in [-0.39, 0.29) is 12.4 Å². The van der Waals surface area contributed by atoms with Gasteiger partial charge in [-0.05, 0) is 13.0 Å². The molecule has 26 heavy (non-hydrogen) atoms. The van der Waals surface area contributed by atoms with Crippen LogP contribution in [0.15, 0.2) is 30.5 Å². The van der Waals surface area contributed by atoms with E-state index in [1.165, 1.54) is 6.26 Å². The van der Waals surface area contributed by atoms with Crippen molar-refractivity contribution in [2.24, 2.45) is 0 Å². The van der Waals surface area contributed by atoms with Gasteiger partial charge in [0.05, 0.1) is 36.2 Å². The number of pyridine rings is 1. The molecule has 0 aliphatic carbocycles. The molecule has 0 spiro atoms. The summed E-state index contributed by atoms with van der Waals surface area (Å²) in [5.41, 5.74) is 2.72. The number of benzene rings is 1. The fourth-order valence-corrected chi connectivity index (χ4v) is 3.24. The van der Waals surface area contributed by atoms with Gasteiger partial charge in [-0.15, -0.1) is 0 Å². The van der Waals surface area contributed by atoms with Gasteiger partial charge in [0.2, 0.25) is 0 Å². The van der Waals surface area contributed by atoms with Crippen LogP contribution >= 0.6 is 0 Å². The number of imidazole rings is 1. The third kappa shape index (κ3) is 4.38. The Morgan fingerprint density at radius 2 is 1.92 bits per heavy atom. The Morgan fingerprint density at radius 3 is 2.69 bits per heavy atom. The molecule has 0 aliphatic heterocycles. The number of sulfone groups is 1. The monoisotopic (exact) mass is 377 g/mol. The van der Waals surface area contributed by atoms with E-state index in [9.17, 15) is 8.42 Å². The van der Waals surface area contributed by atoms with Crippen LogP contribution < -0.4 is 0 Å². The Morgan fingerprint density at radius 1 is 1.12 bits per heavy atom. The zero-order chi connectivity index (χ0) is 18.6. The second-order valence-electron chi connectivity index (χ2n) is 6.07. The molecule has 140 valence electrons. The van der Waals surface area contributed by atoms with Crippen LogP contribution in [-0.4, -0.2) is 54.8 Å². The van der Waals surface area contributed by atoms with Gasteiger partial charge >= 0.3 is 0 Å². The van der Waals surface area contributed by atoms with Gasteiger partial charge in [0.1, 0.15) is 27.8 Å². The molecular formula is C18H23N3O4S. The molecule has 3 rings (SSSR count). The van der Waals surface area contributed by atoms with Gasteiger partial charge in [-0.3, -0.25) is 4.98 Å². The average Bonchev–Trinajstić information content (AvgIpc) is 2.96. The molecule has 7 nitrogen and oxygen atoms in total. The molecule has 2 heterocycles. The summed E-state index contributed by atoms with van der Waals surface area (Å²) in [5, 5.41) is 1.02. The number of aromatic nitrogens is 3. The molecule has 0 atom stereocenters. The standard InChI is InChI=1S/C18H23N3O4S/c1-3-24-13-17-20-16-12-19-15-7-5-4-6-14(15)18(16)21(17)8-9-25-10-11-26(2,22)23/h4-7,12H,3,8-11,13H2,1-2H3. The first-order chi connectivity index (χ1) is 12.5. The third-order valence-electron chi connectivity index (χ3n) is 4.05. The molecule has 0 saturated heterocycles. The second-order valence-corrected chi connectivity index (χ2v) is 8.33. The van der Waals surface area contributed by atoms with Gasteiger partial charge in [-0.1, -0.05) is 18.2 Å². The maximum absolute atomic E-state index is 11.2. The summed E-state index contributed by atoms with van der Waals surface area (Å²) in [6, 6.07) is 7.93. The smallest absolute Gasteiger partial charge is 0.149 e. The van der Waals surface area contributed by atoms with Crippen molar-refractivity contribution in [1.82, 2.24) is 14.5 Å². The number of rotatable bonds is 9. The molecule has 0 fully saturated rings. The molecule has 0 N–H and O–H groups in total. The minimum absolute atomic E-state index is 0.0241. The molecule has 8 heteroatoms. The van der Waals surface area contributed by atoms with Crippen LogP contribution in [0.3, 0.4) is 0 Å². The lowest BCUT2D eigenvalue weighted by Crippen LogP contribution is -2.15.